The van der Waals surface area contributed by atoms with E-state index in [9.17, 15) is 4.79 Å². The van der Waals surface area contributed by atoms with Gasteiger partial charge in [-0.05, 0) is 13.0 Å². The standard InChI is InChI=1S/C17H18N6O2S/c1-11-19-15(10-26-11)12-4-2-3-5-13(12)20-17(24)21-14-8-25-9-16(14)23-7-6-18-22-23/h2-7,10,14,16H,8-9H2,1H3,(H2,20,21,24)/t14-,16+/m0/s1. The van der Waals surface area contributed by atoms with Gasteiger partial charge in [-0.25, -0.2) is 14.5 Å². The zero-order chi connectivity index (χ0) is 17.9. The molecule has 2 aromatic heterocycles. The number of aromatic nitrogens is 4. The maximum absolute atomic E-state index is 12.5. The number of urea groups is 1. The molecule has 8 nitrogen and oxygen atoms in total. The molecule has 26 heavy (non-hydrogen) atoms. The lowest BCUT2D eigenvalue weighted by atomic mass is 10.1. The lowest BCUT2D eigenvalue weighted by Crippen LogP contribution is -2.43. The van der Waals surface area contributed by atoms with Crippen molar-refractivity contribution in [3.8, 4) is 11.3 Å². The van der Waals surface area contributed by atoms with E-state index < -0.39 is 0 Å². The molecule has 1 aliphatic rings. The van der Waals surface area contributed by atoms with Gasteiger partial charge >= 0.3 is 6.03 Å². The Hall–Kier alpha value is -2.78. The number of carbonyl (C=O) groups is 1. The van der Waals surface area contributed by atoms with Gasteiger partial charge in [-0.15, -0.1) is 16.4 Å². The molecule has 4 rings (SSSR count). The number of carbonyl (C=O) groups excluding carboxylic acids is 1. The maximum Gasteiger partial charge on any atom is 0.319 e. The third-order valence-corrected chi connectivity index (χ3v) is 4.99. The minimum atomic E-state index is -0.287. The molecule has 0 aliphatic carbocycles. The van der Waals surface area contributed by atoms with Gasteiger partial charge in [0.05, 0.1) is 47.9 Å². The maximum atomic E-state index is 12.5. The summed E-state index contributed by atoms with van der Waals surface area (Å²) in [4.78, 5) is 17.0. The monoisotopic (exact) mass is 370 g/mol. The van der Waals surface area contributed by atoms with Crippen LogP contribution in [0.4, 0.5) is 10.5 Å². The number of thiazole rings is 1. The fraction of sp³-hybridized carbons (Fsp3) is 0.294. The molecule has 134 valence electrons. The first-order chi connectivity index (χ1) is 12.7. The molecule has 2 amide bonds. The number of hydrogen-bond acceptors (Lipinski definition) is 6. The topological polar surface area (TPSA) is 94.0 Å². The Morgan fingerprint density at radius 1 is 1.35 bits per heavy atom. The number of nitrogens with one attached hydrogen (secondary N) is 2. The van der Waals surface area contributed by atoms with Crippen LogP contribution >= 0.6 is 11.3 Å². The second-order valence-corrected chi connectivity index (χ2v) is 7.05. The second kappa shape index (κ2) is 7.22. The molecule has 0 radical (unpaired) electrons. The molecule has 1 aliphatic heterocycles. The molecule has 1 aromatic carbocycles. The Morgan fingerprint density at radius 2 is 2.23 bits per heavy atom. The van der Waals surface area contributed by atoms with Gasteiger partial charge in [0.2, 0.25) is 0 Å². The summed E-state index contributed by atoms with van der Waals surface area (Å²) in [6.07, 6.45) is 3.38. The molecular weight excluding hydrogens is 352 g/mol. The van der Waals surface area contributed by atoms with Gasteiger partial charge in [-0.3, -0.25) is 0 Å². The first-order valence-corrected chi connectivity index (χ1v) is 9.11. The van der Waals surface area contributed by atoms with Gasteiger partial charge in [0.25, 0.3) is 0 Å². The van der Waals surface area contributed by atoms with Gasteiger partial charge < -0.3 is 15.4 Å². The van der Waals surface area contributed by atoms with Crippen LogP contribution in [0.1, 0.15) is 11.0 Å². The molecule has 3 heterocycles. The Labute approximate surface area is 154 Å². The summed E-state index contributed by atoms with van der Waals surface area (Å²) < 4.78 is 7.21. The zero-order valence-electron chi connectivity index (χ0n) is 14.1. The quantitative estimate of drug-likeness (QED) is 0.736. The van der Waals surface area contributed by atoms with Crippen molar-refractivity contribution in [2.75, 3.05) is 18.5 Å². The van der Waals surface area contributed by atoms with Gasteiger partial charge in [0, 0.05) is 17.1 Å². The third kappa shape index (κ3) is 3.44. The number of rotatable bonds is 4. The van der Waals surface area contributed by atoms with Crippen LogP contribution in [0.3, 0.4) is 0 Å². The first-order valence-electron chi connectivity index (χ1n) is 8.23. The lowest BCUT2D eigenvalue weighted by molar-refractivity contribution is 0.181. The van der Waals surface area contributed by atoms with Crippen molar-refractivity contribution in [1.82, 2.24) is 25.3 Å². The minimum absolute atomic E-state index is 0.0697. The van der Waals surface area contributed by atoms with Gasteiger partial charge in [-0.1, -0.05) is 23.4 Å². The fourth-order valence-electron chi connectivity index (χ4n) is 2.97. The number of nitrogens with zero attached hydrogens (tertiary/aromatic N) is 4. The number of anilines is 1. The van der Waals surface area contributed by atoms with E-state index in [1.54, 1.807) is 28.4 Å². The van der Waals surface area contributed by atoms with Gasteiger partial charge in [0.1, 0.15) is 0 Å². The molecule has 9 heteroatoms. The van der Waals surface area contributed by atoms with E-state index in [4.69, 9.17) is 4.74 Å². The Bertz CT molecular complexity index is 894. The molecule has 2 atom stereocenters. The van der Waals surface area contributed by atoms with Crippen molar-refractivity contribution in [2.45, 2.75) is 19.0 Å². The van der Waals surface area contributed by atoms with Crippen molar-refractivity contribution >= 4 is 23.1 Å². The summed E-state index contributed by atoms with van der Waals surface area (Å²) in [5.41, 5.74) is 2.46. The number of benzene rings is 1. The molecule has 1 saturated heterocycles. The van der Waals surface area contributed by atoms with E-state index in [1.807, 2.05) is 36.6 Å². The largest absolute Gasteiger partial charge is 0.377 e. The van der Waals surface area contributed by atoms with E-state index in [-0.39, 0.29) is 18.1 Å². The average molecular weight is 370 g/mol. The average Bonchev–Trinajstić information content (AvgIpc) is 3.36. The lowest BCUT2D eigenvalue weighted by Gasteiger charge is -2.19. The van der Waals surface area contributed by atoms with E-state index >= 15 is 0 Å². The summed E-state index contributed by atoms with van der Waals surface area (Å²) in [7, 11) is 0. The summed E-state index contributed by atoms with van der Waals surface area (Å²) >= 11 is 1.58. The molecule has 0 bridgehead atoms. The number of ether oxygens (including phenoxy) is 1. The summed E-state index contributed by atoms with van der Waals surface area (Å²) in [6.45, 7) is 2.88. The number of hydrogen-bond donors (Lipinski definition) is 2. The fourth-order valence-corrected chi connectivity index (χ4v) is 3.58. The van der Waals surface area contributed by atoms with Crippen LogP contribution in [0, 0.1) is 6.92 Å². The molecule has 0 saturated carbocycles. The summed E-state index contributed by atoms with van der Waals surface area (Å²) in [6, 6.07) is 7.09. The van der Waals surface area contributed by atoms with Crippen molar-refractivity contribution in [1.29, 1.82) is 0 Å². The van der Waals surface area contributed by atoms with Crippen LogP contribution in [0.15, 0.2) is 42.0 Å². The molecule has 1 fully saturated rings. The van der Waals surface area contributed by atoms with Crippen LogP contribution in [-0.4, -0.2) is 45.3 Å². The highest BCUT2D eigenvalue weighted by molar-refractivity contribution is 7.09. The van der Waals surface area contributed by atoms with Crippen molar-refractivity contribution in [3.05, 3.63) is 47.0 Å². The number of para-hydroxylation sites is 1. The van der Waals surface area contributed by atoms with Crippen LogP contribution in [0.5, 0.6) is 0 Å². The van der Waals surface area contributed by atoms with E-state index in [0.29, 0.717) is 18.9 Å². The molecule has 3 aromatic rings. The predicted octanol–water partition coefficient (Wildman–Crippen LogP) is 2.47. The van der Waals surface area contributed by atoms with Crippen LogP contribution in [0.25, 0.3) is 11.3 Å². The van der Waals surface area contributed by atoms with E-state index in [1.165, 1.54) is 0 Å². The predicted molar refractivity (Wildman–Crippen MR) is 98.1 cm³/mol. The minimum Gasteiger partial charge on any atom is -0.377 e. The van der Waals surface area contributed by atoms with Crippen LogP contribution in [-0.2, 0) is 4.74 Å². The first kappa shape index (κ1) is 16.7. The highest BCUT2D eigenvalue weighted by atomic mass is 32.1. The van der Waals surface area contributed by atoms with E-state index in [2.05, 4.69) is 25.9 Å². The highest BCUT2D eigenvalue weighted by Gasteiger charge is 2.31. The number of aryl methyl sites for hydroxylation is 1. The Morgan fingerprint density at radius 3 is 3.00 bits per heavy atom. The molecular formula is C17H18N6O2S. The summed E-state index contributed by atoms with van der Waals surface area (Å²) in [5, 5.41) is 16.7. The van der Waals surface area contributed by atoms with Crippen LogP contribution < -0.4 is 10.6 Å². The smallest absolute Gasteiger partial charge is 0.319 e. The van der Waals surface area contributed by atoms with Crippen LogP contribution in [0.2, 0.25) is 0 Å². The molecule has 2 N–H and O–H groups in total. The van der Waals surface area contributed by atoms with Crippen molar-refractivity contribution < 1.29 is 9.53 Å². The zero-order valence-corrected chi connectivity index (χ0v) is 14.9. The van der Waals surface area contributed by atoms with Gasteiger partial charge in [0.15, 0.2) is 0 Å². The third-order valence-electron chi connectivity index (χ3n) is 4.22. The number of amides is 2. The molecule has 0 spiro atoms. The Kier molecular flexibility index (Phi) is 4.63. The Balaban J connectivity index is 1.47. The second-order valence-electron chi connectivity index (χ2n) is 5.99. The highest BCUT2D eigenvalue weighted by Crippen LogP contribution is 2.29. The van der Waals surface area contributed by atoms with Gasteiger partial charge in [-0.2, -0.15) is 0 Å². The SMILES string of the molecule is Cc1nc(-c2ccccc2NC(=O)N[C@H]2COC[C@H]2n2ccnn2)cs1. The molecule has 0 unspecified atom stereocenters. The van der Waals surface area contributed by atoms with E-state index in [0.717, 1.165) is 16.3 Å². The normalized spacial score (nSPS) is 19.4. The van der Waals surface area contributed by atoms with Crippen molar-refractivity contribution in [3.63, 3.8) is 0 Å². The van der Waals surface area contributed by atoms with Crippen molar-refractivity contribution in [2.24, 2.45) is 0 Å². The summed E-state index contributed by atoms with van der Waals surface area (Å²) in [5.74, 6) is 0.